The van der Waals surface area contributed by atoms with E-state index in [-0.39, 0.29) is 17.1 Å². The molecule has 126 valence electrons. The van der Waals surface area contributed by atoms with Crippen molar-refractivity contribution in [2.24, 2.45) is 0 Å². The van der Waals surface area contributed by atoms with E-state index >= 15 is 0 Å². The van der Waals surface area contributed by atoms with Crippen LogP contribution in [0.1, 0.15) is 26.7 Å². The summed E-state index contributed by atoms with van der Waals surface area (Å²) >= 11 is 1.56. The lowest BCUT2D eigenvalue weighted by Crippen LogP contribution is -2.46. The molecular formula is C17H25N3O2S. The third kappa shape index (κ3) is 5.25. The number of piperidine rings is 1. The molecule has 0 radical (unpaired) electrons. The molecule has 1 fully saturated rings. The van der Waals surface area contributed by atoms with Gasteiger partial charge in [-0.05, 0) is 51.1 Å². The molecule has 23 heavy (non-hydrogen) atoms. The van der Waals surface area contributed by atoms with Gasteiger partial charge in [0.1, 0.15) is 0 Å². The normalized spacial score (nSPS) is 16.9. The van der Waals surface area contributed by atoms with E-state index in [0.29, 0.717) is 6.04 Å². The van der Waals surface area contributed by atoms with Gasteiger partial charge in [-0.25, -0.2) is 0 Å². The van der Waals surface area contributed by atoms with Crippen molar-refractivity contribution in [2.45, 2.75) is 42.9 Å². The maximum Gasteiger partial charge on any atom is 0.235 e. The van der Waals surface area contributed by atoms with E-state index in [1.165, 1.54) is 6.92 Å². The van der Waals surface area contributed by atoms with Crippen LogP contribution in [-0.2, 0) is 9.59 Å². The number of carbonyl (C=O) groups is 2. The van der Waals surface area contributed by atoms with Crippen molar-refractivity contribution in [3.05, 3.63) is 24.3 Å². The van der Waals surface area contributed by atoms with Crippen LogP contribution in [0.5, 0.6) is 0 Å². The molecular weight excluding hydrogens is 310 g/mol. The summed E-state index contributed by atoms with van der Waals surface area (Å²) in [5, 5.41) is 5.91. The molecule has 2 N–H and O–H groups in total. The van der Waals surface area contributed by atoms with Crippen LogP contribution in [0.4, 0.5) is 5.69 Å². The largest absolute Gasteiger partial charge is 0.342 e. The first-order valence-electron chi connectivity index (χ1n) is 8.00. The van der Waals surface area contributed by atoms with Crippen molar-refractivity contribution >= 4 is 29.3 Å². The predicted molar refractivity (Wildman–Crippen MR) is 94.7 cm³/mol. The van der Waals surface area contributed by atoms with E-state index in [1.807, 2.05) is 43.1 Å². The Hall–Kier alpha value is -1.53. The number of thioether (sulfide) groups is 1. The number of anilines is 1. The lowest BCUT2D eigenvalue weighted by Gasteiger charge is -2.33. The molecule has 1 heterocycles. The first-order chi connectivity index (χ1) is 11.0. The zero-order valence-electron chi connectivity index (χ0n) is 14.0. The van der Waals surface area contributed by atoms with Crippen molar-refractivity contribution in [3.8, 4) is 0 Å². The molecule has 0 spiro atoms. The van der Waals surface area contributed by atoms with Crippen molar-refractivity contribution in [3.63, 3.8) is 0 Å². The van der Waals surface area contributed by atoms with Crippen LogP contribution in [0.3, 0.4) is 0 Å². The summed E-state index contributed by atoms with van der Waals surface area (Å²) in [6.45, 7) is 5.10. The molecule has 0 aliphatic carbocycles. The maximum atomic E-state index is 12.5. The second-order valence-corrected chi connectivity index (χ2v) is 7.27. The van der Waals surface area contributed by atoms with Crippen LogP contribution in [0.15, 0.2) is 29.2 Å². The molecule has 0 saturated carbocycles. The minimum absolute atomic E-state index is 0.0843. The molecule has 1 aromatic carbocycles. The molecule has 1 unspecified atom stereocenters. The topological polar surface area (TPSA) is 61.4 Å². The van der Waals surface area contributed by atoms with Gasteiger partial charge in [-0.3, -0.25) is 9.59 Å². The fourth-order valence-electron chi connectivity index (χ4n) is 2.72. The summed E-state index contributed by atoms with van der Waals surface area (Å²) in [5.41, 5.74) is 0.773. The lowest BCUT2D eigenvalue weighted by atomic mass is 10.1. The molecule has 1 saturated heterocycles. The molecule has 0 aromatic heterocycles. The SMILES string of the molecule is CNC1CCN(C(=O)C(C)Sc2ccc(NC(C)=O)cc2)CC1. The Morgan fingerprint density at radius 1 is 1.22 bits per heavy atom. The summed E-state index contributed by atoms with van der Waals surface area (Å²) < 4.78 is 0. The van der Waals surface area contributed by atoms with Crippen LogP contribution in [0, 0.1) is 0 Å². The smallest absolute Gasteiger partial charge is 0.235 e. The molecule has 6 heteroatoms. The average molecular weight is 335 g/mol. The van der Waals surface area contributed by atoms with Crippen LogP contribution >= 0.6 is 11.8 Å². The van der Waals surface area contributed by atoms with Gasteiger partial charge in [0.2, 0.25) is 11.8 Å². The highest BCUT2D eigenvalue weighted by atomic mass is 32.2. The van der Waals surface area contributed by atoms with Gasteiger partial charge in [-0.1, -0.05) is 0 Å². The van der Waals surface area contributed by atoms with Crippen molar-refractivity contribution in [2.75, 3.05) is 25.5 Å². The molecule has 1 atom stereocenters. The Bertz CT molecular complexity index is 539. The Balaban J connectivity index is 1.87. The molecule has 2 amide bonds. The van der Waals surface area contributed by atoms with Crippen LogP contribution < -0.4 is 10.6 Å². The fraction of sp³-hybridized carbons (Fsp3) is 0.529. The molecule has 2 rings (SSSR count). The number of likely N-dealkylation sites (tertiary alicyclic amines) is 1. The van der Waals surface area contributed by atoms with E-state index in [0.717, 1.165) is 36.5 Å². The van der Waals surface area contributed by atoms with Gasteiger partial charge in [-0.2, -0.15) is 0 Å². The first kappa shape index (κ1) is 17.8. The second-order valence-electron chi connectivity index (χ2n) is 5.85. The van der Waals surface area contributed by atoms with Crippen LogP contribution in [0.25, 0.3) is 0 Å². The van der Waals surface area contributed by atoms with Gasteiger partial charge in [-0.15, -0.1) is 11.8 Å². The van der Waals surface area contributed by atoms with Crippen molar-refractivity contribution in [1.29, 1.82) is 0 Å². The highest BCUT2D eigenvalue weighted by Gasteiger charge is 2.25. The second kappa shape index (κ2) is 8.36. The van der Waals surface area contributed by atoms with E-state index in [1.54, 1.807) is 11.8 Å². The van der Waals surface area contributed by atoms with Gasteiger partial charge in [0.25, 0.3) is 0 Å². The molecule has 1 aromatic rings. The Labute approximate surface area is 142 Å². The van der Waals surface area contributed by atoms with Gasteiger partial charge in [0.15, 0.2) is 0 Å². The first-order valence-corrected chi connectivity index (χ1v) is 8.88. The number of rotatable bonds is 5. The highest BCUT2D eigenvalue weighted by molar-refractivity contribution is 8.00. The van der Waals surface area contributed by atoms with Crippen molar-refractivity contribution < 1.29 is 9.59 Å². The van der Waals surface area contributed by atoms with Gasteiger partial charge < -0.3 is 15.5 Å². The minimum Gasteiger partial charge on any atom is -0.342 e. The molecule has 1 aliphatic rings. The van der Waals surface area contributed by atoms with Gasteiger partial charge >= 0.3 is 0 Å². The van der Waals surface area contributed by atoms with E-state index in [4.69, 9.17) is 0 Å². The van der Waals surface area contributed by atoms with Gasteiger partial charge in [0.05, 0.1) is 5.25 Å². The van der Waals surface area contributed by atoms with E-state index in [9.17, 15) is 9.59 Å². The maximum absolute atomic E-state index is 12.5. The summed E-state index contributed by atoms with van der Waals surface area (Å²) in [4.78, 5) is 26.6. The Kier molecular flexibility index (Phi) is 6.47. The number of hydrogen-bond donors (Lipinski definition) is 2. The molecule has 1 aliphatic heterocycles. The molecule has 0 bridgehead atoms. The van der Waals surface area contributed by atoms with E-state index < -0.39 is 0 Å². The monoisotopic (exact) mass is 335 g/mol. The zero-order chi connectivity index (χ0) is 16.8. The third-order valence-corrected chi connectivity index (χ3v) is 5.15. The standard InChI is InChI=1S/C17H25N3O2S/c1-12(17(22)20-10-8-14(18-3)9-11-20)23-16-6-4-15(5-7-16)19-13(2)21/h4-7,12,14,18H,8-11H2,1-3H3,(H,19,21). The fourth-order valence-corrected chi connectivity index (χ4v) is 3.67. The number of benzene rings is 1. The predicted octanol–water partition coefficient (Wildman–Crippen LogP) is 2.34. The number of hydrogen-bond acceptors (Lipinski definition) is 4. The third-order valence-electron chi connectivity index (χ3n) is 4.05. The van der Waals surface area contributed by atoms with E-state index in [2.05, 4.69) is 10.6 Å². The van der Waals surface area contributed by atoms with Crippen LogP contribution in [-0.4, -0.2) is 48.1 Å². The average Bonchev–Trinajstić information content (AvgIpc) is 2.55. The summed E-state index contributed by atoms with van der Waals surface area (Å²) in [5.74, 6) is 0.120. The Morgan fingerprint density at radius 2 is 1.83 bits per heavy atom. The highest BCUT2D eigenvalue weighted by Crippen LogP contribution is 2.26. The molecule has 5 nitrogen and oxygen atoms in total. The van der Waals surface area contributed by atoms with Gasteiger partial charge in [0, 0.05) is 36.6 Å². The number of nitrogens with zero attached hydrogens (tertiary/aromatic N) is 1. The van der Waals surface area contributed by atoms with Crippen LogP contribution in [0.2, 0.25) is 0 Å². The number of carbonyl (C=O) groups excluding carboxylic acids is 2. The summed E-state index contributed by atoms with van der Waals surface area (Å²) in [6, 6.07) is 8.13. The number of amides is 2. The summed E-state index contributed by atoms with van der Waals surface area (Å²) in [7, 11) is 1.98. The lowest BCUT2D eigenvalue weighted by molar-refractivity contribution is -0.131. The summed E-state index contributed by atoms with van der Waals surface area (Å²) in [6.07, 6.45) is 2.04. The minimum atomic E-state index is -0.104. The van der Waals surface area contributed by atoms with Crippen molar-refractivity contribution in [1.82, 2.24) is 10.2 Å². The number of nitrogens with one attached hydrogen (secondary N) is 2. The quantitative estimate of drug-likeness (QED) is 0.811. The zero-order valence-corrected chi connectivity index (χ0v) is 14.8. The Morgan fingerprint density at radius 3 is 2.35 bits per heavy atom.